The number of rotatable bonds is 1. The van der Waals surface area contributed by atoms with Gasteiger partial charge in [-0.05, 0) is 25.3 Å². The summed E-state index contributed by atoms with van der Waals surface area (Å²) in [5, 5.41) is 9.72. The van der Waals surface area contributed by atoms with Crippen LogP contribution in [-0.2, 0) is 4.74 Å². The number of allylic oxidation sites excluding steroid dienone is 2. The van der Waals surface area contributed by atoms with Crippen LogP contribution in [0.4, 0.5) is 0 Å². The van der Waals surface area contributed by atoms with E-state index in [4.69, 9.17) is 4.74 Å². The summed E-state index contributed by atoms with van der Waals surface area (Å²) in [6, 6.07) is 0. The van der Waals surface area contributed by atoms with Crippen LogP contribution in [0.1, 0.15) is 32.1 Å². The van der Waals surface area contributed by atoms with Gasteiger partial charge in [0.25, 0.3) is 0 Å². The number of aliphatic imine (C=N–C) groups is 1. The predicted octanol–water partition coefficient (Wildman–Crippen LogP) is 2.38. The van der Waals surface area contributed by atoms with E-state index in [2.05, 4.69) is 4.99 Å². The normalized spacial score (nSPS) is 31.4. The predicted molar refractivity (Wildman–Crippen MR) is 59.4 cm³/mol. The summed E-state index contributed by atoms with van der Waals surface area (Å²) in [7, 11) is 0. The Morgan fingerprint density at radius 2 is 2.20 bits per heavy atom. The number of hydrogen-bond donors (Lipinski definition) is 1. The molecule has 2 rings (SSSR count). The molecule has 0 spiro atoms. The summed E-state index contributed by atoms with van der Waals surface area (Å²) in [5.74, 6) is 1.21. The molecular formula is C12H17NO2. The molecule has 3 nitrogen and oxygen atoms in total. The van der Waals surface area contributed by atoms with Gasteiger partial charge in [-0.15, -0.1) is 0 Å². The van der Waals surface area contributed by atoms with E-state index < -0.39 is 0 Å². The van der Waals surface area contributed by atoms with Gasteiger partial charge in [-0.3, -0.25) is 4.99 Å². The van der Waals surface area contributed by atoms with Crippen LogP contribution in [0.2, 0.25) is 0 Å². The van der Waals surface area contributed by atoms with Crippen molar-refractivity contribution >= 4 is 6.21 Å². The molecule has 1 saturated carbocycles. The molecule has 82 valence electrons. The first-order valence-electron chi connectivity index (χ1n) is 5.59. The minimum atomic E-state index is -0.182. The Bertz CT molecular complexity index is 294. The van der Waals surface area contributed by atoms with Crippen LogP contribution in [0.15, 0.2) is 29.3 Å². The Kier molecular flexibility index (Phi) is 3.56. The van der Waals surface area contributed by atoms with Crippen molar-refractivity contribution in [3.8, 4) is 0 Å². The monoisotopic (exact) mass is 207 g/mol. The Morgan fingerprint density at radius 3 is 3.13 bits per heavy atom. The lowest BCUT2D eigenvalue weighted by molar-refractivity contribution is 0.135. The molecule has 0 radical (unpaired) electrons. The van der Waals surface area contributed by atoms with E-state index in [-0.39, 0.29) is 6.10 Å². The second-order valence-electron chi connectivity index (χ2n) is 4.15. The average Bonchev–Trinajstić information content (AvgIpc) is 2.59. The summed E-state index contributed by atoms with van der Waals surface area (Å²) in [4.78, 5) is 4.10. The molecule has 0 aromatic carbocycles. The molecule has 0 saturated heterocycles. The van der Waals surface area contributed by atoms with Crippen LogP contribution in [-0.4, -0.2) is 17.4 Å². The minimum Gasteiger partial charge on any atom is -0.467 e. The van der Waals surface area contributed by atoms with Gasteiger partial charge in [0.05, 0.1) is 18.6 Å². The zero-order valence-corrected chi connectivity index (χ0v) is 8.80. The van der Waals surface area contributed by atoms with E-state index in [1.165, 1.54) is 0 Å². The third kappa shape index (κ3) is 2.93. The number of aliphatic hydroxyl groups is 1. The third-order valence-electron chi connectivity index (χ3n) is 2.96. The zero-order chi connectivity index (χ0) is 10.5. The highest BCUT2D eigenvalue weighted by molar-refractivity contribution is 5.71. The van der Waals surface area contributed by atoms with Crippen LogP contribution in [0.5, 0.6) is 0 Å². The van der Waals surface area contributed by atoms with Crippen molar-refractivity contribution in [2.45, 2.75) is 38.2 Å². The van der Waals surface area contributed by atoms with E-state index in [1.54, 1.807) is 24.8 Å². The number of nitrogens with zero attached hydrogens (tertiary/aromatic N) is 1. The molecule has 1 aliphatic carbocycles. The second-order valence-corrected chi connectivity index (χ2v) is 4.15. The molecule has 1 aliphatic heterocycles. The zero-order valence-electron chi connectivity index (χ0n) is 8.80. The standard InChI is InChI=1S/C12H17NO2/c14-11-5-2-1-4-10(8-11)12-9-13-6-3-7-15-12/h3,6-7,9-11,14H,1-2,4-5,8H2. The quantitative estimate of drug-likeness (QED) is 0.671. The van der Waals surface area contributed by atoms with Gasteiger partial charge >= 0.3 is 0 Å². The SMILES string of the molecule is OC1CCCCC(C2=CN=CC=CO2)C1. The molecule has 2 aliphatic rings. The smallest absolute Gasteiger partial charge is 0.125 e. The first-order valence-corrected chi connectivity index (χ1v) is 5.59. The van der Waals surface area contributed by atoms with Gasteiger partial charge in [-0.25, -0.2) is 0 Å². The van der Waals surface area contributed by atoms with E-state index in [1.807, 2.05) is 0 Å². The highest BCUT2D eigenvalue weighted by Crippen LogP contribution is 2.30. The van der Waals surface area contributed by atoms with Gasteiger partial charge in [0.15, 0.2) is 0 Å². The van der Waals surface area contributed by atoms with Crippen molar-refractivity contribution in [3.05, 3.63) is 24.3 Å². The van der Waals surface area contributed by atoms with Crippen molar-refractivity contribution in [3.63, 3.8) is 0 Å². The molecule has 3 heteroatoms. The number of hydrogen-bond acceptors (Lipinski definition) is 3. The van der Waals surface area contributed by atoms with Crippen LogP contribution in [0, 0.1) is 5.92 Å². The lowest BCUT2D eigenvalue weighted by Crippen LogP contribution is -2.13. The molecule has 2 unspecified atom stereocenters. The van der Waals surface area contributed by atoms with Gasteiger partial charge in [0.2, 0.25) is 0 Å². The van der Waals surface area contributed by atoms with Gasteiger partial charge in [-0.2, -0.15) is 0 Å². The maximum atomic E-state index is 9.72. The molecule has 0 bridgehead atoms. The summed E-state index contributed by atoms with van der Waals surface area (Å²) in [5.41, 5.74) is 0. The lowest BCUT2D eigenvalue weighted by Gasteiger charge is -2.17. The molecule has 0 amide bonds. The summed E-state index contributed by atoms with van der Waals surface area (Å²) >= 11 is 0. The van der Waals surface area contributed by atoms with Gasteiger partial charge < -0.3 is 9.84 Å². The topological polar surface area (TPSA) is 41.8 Å². The molecule has 1 N–H and O–H groups in total. The van der Waals surface area contributed by atoms with Gasteiger partial charge in [-0.1, -0.05) is 12.8 Å². The summed E-state index contributed by atoms with van der Waals surface area (Å²) in [6.45, 7) is 0. The van der Waals surface area contributed by atoms with E-state index in [9.17, 15) is 5.11 Å². The molecule has 0 aromatic rings. The summed E-state index contributed by atoms with van der Waals surface area (Å²) in [6.07, 6.45) is 11.8. The minimum absolute atomic E-state index is 0.182. The van der Waals surface area contributed by atoms with Crippen molar-refractivity contribution in [1.29, 1.82) is 0 Å². The lowest BCUT2D eigenvalue weighted by atomic mass is 9.97. The molecule has 1 heterocycles. The van der Waals surface area contributed by atoms with Crippen LogP contribution >= 0.6 is 0 Å². The second kappa shape index (κ2) is 5.12. The number of aliphatic hydroxyl groups excluding tert-OH is 1. The van der Waals surface area contributed by atoms with Crippen LogP contribution in [0.25, 0.3) is 0 Å². The molecule has 2 atom stereocenters. The van der Waals surface area contributed by atoms with Gasteiger partial charge in [0.1, 0.15) is 5.76 Å². The first-order chi connectivity index (χ1) is 7.36. The maximum Gasteiger partial charge on any atom is 0.125 e. The third-order valence-corrected chi connectivity index (χ3v) is 2.96. The highest BCUT2D eigenvalue weighted by Gasteiger charge is 2.22. The molecular weight excluding hydrogens is 190 g/mol. The fraction of sp³-hybridized carbons (Fsp3) is 0.583. The highest BCUT2D eigenvalue weighted by atomic mass is 16.5. The number of ether oxygens (including phenoxy) is 1. The van der Waals surface area contributed by atoms with E-state index in [0.29, 0.717) is 5.92 Å². The van der Waals surface area contributed by atoms with Crippen LogP contribution < -0.4 is 0 Å². The van der Waals surface area contributed by atoms with Gasteiger partial charge in [0, 0.05) is 12.1 Å². The largest absolute Gasteiger partial charge is 0.467 e. The Morgan fingerprint density at radius 1 is 1.33 bits per heavy atom. The fourth-order valence-corrected chi connectivity index (χ4v) is 2.14. The fourth-order valence-electron chi connectivity index (χ4n) is 2.14. The average molecular weight is 207 g/mol. The van der Waals surface area contributed by atoms with Crippen molar-refractivity contribution < 1.29 is 9.84 Å². The van der Waals surface area contributed by atoms with E-state index >= 15 is 0 Å². The van der Waals surface area contributed by atoms with Crippen molar-refractivity contribution in [1.82, 2.24) is 0 Å². The Balaban J connectivity index is 2.04. The van der Waals surface area contributed by atoms with Crippen molar-refractivity contribution in [2.24, 2.45) is 10.9 Å². The molecule has 1 fully saturated rings. The Hall–Kier alpha value is -1.09. The summed E-state index contributed by atoms with van der Waals surface area (Å²) < 4.78 is 5.49. The molecule has 0 aromatic heterocycles. The van der Waals surface area contributed by atoms with Crippen LogP contribution in [0.3, 0.4) is 0 Å². The maximum absolute atomic E-state index is 9.72. The van der Waals surface area contributed by atoms with E-state index in [0.717, 1.165) is 37.9 Å². The first kappa shape index (κ1) is 10.4. The Labute approximate surface area is 90.2 Å². The van der Waals surface area contributed by atoms with Crippen molar-refractivity contribution in [2.75, 3.05) is 0 Å². The molecule has 15 heavy (non-hydrogen) atoms.